The van der Waals surface area contributed by atoms with Crippen LogP contribution in [0.15, 0.2) is 42.5 Å². The molecule has 0 saturated heterocycles. The van der Waals surface area contributed by atoms with E-state index in [9.17, 15) is 18.0 Å². The van der Waals surface area contributed by atoms with Gasteiger partial charge in [0, 0.05) is 11.3 Å². The molecule has 110 valence electrons. The Labute approximate surface area is 119 Å². The van der Waals surface area contributed by atoms with Crippen LogP contribution in [0.3, 0.4) is 0 Å². The maximum absolute atomic E-state index is 12.7. The molecule has 2 rings (SSSR count). The fourth-order valence-electron chi connectivity index (χ4n) is 1.91. The van der Waals surface area contributed by atoms with Gasteiger partial charge >= 0.3 is 6.18 Å². The second kappa shape index (κ2) is 5.47. The van der Waals surface area contributed by atoms with E-state index >= 15 is 0 Å². The first-order valence-electron chi connectivity index (χ1n) is 5.99. The van der Waals surface area contributed by atoms with Crippen molar-refractivity contribution < 1.29 is 22.7 Å². The van der Waals surface area contributed by atoms with Crippen molar-refractivity contribution in [3.05, 3.63) is 59.2 Å². The number of anilines is 1. The van der Waals surface area contributed by atoms with Crippen LogP contribution >= 0.6 is 0 Å². The maximum Gasteiger partial charge on any atom is 0.416 e. The fraction of sp³-hybridized carbons (Fsp3) is 0.133. The Morgan fingerprint density at radius 2 is 1.76 bits per heavy atom. The molecular formula is C15H12F3NO2. The van der Waals surface area contributed by atoms with Crippen molar-refractivity contribution in [1.82, 2.24) is 0 Å². The lowest BCUT2D eigenvalue weighted by Gasteiger charge is -2.12. The molecule has 0 amide bonds. The first kappa shape index (κ1) is 14.9. The third kappa shape index (κ3) is 2.99. The van der Waals surface area contributed by atoms with E-state index in [-0.39, 0.29) is 22.6 Å². The summed E-state index contributed by atoms with van der Waals surface area (Å²) < 4.78 is 43.2. The molecule has 0 spiro atoms. The van der Waals surface area contributed by atoms with Crippen LogP contribution in [-0.4, -0.2) is 12.9 Å². The molecule has 2 aromatic rings. The third-order valence-corrected chi connectivity index (χ3v) is 2.98. The Kier molecular flexibility index (Phi) is 3.88. The highest BCUT2D eigenvalue weighted by Gasteiger charge is 2.32. The highest BCUT2D eigenvalue weighted by Crippen LogP contribution is 2.32. The lowest BCUT2D eigenvalue weighted by Crippen LogP contribution is -2.11. The summed E-state index contributed by atoms with van der Waals surface area (Å²) in [6.45, 7) is 0. The minimum absolute atomic E-state index is 0.0149. The molecule has 0 saturated carbocycles. The summed E-state index contributed by atoms with van der Waals surface area (Å²) >= 11 is 0. The van der Waals surface area contributed by atoms with E-state index < -0.39 is 17.5 Å². The van der Waals surface area contributed by atoms with E-state index in [1.54, 1.807) is 18.2 Å². The van der Waals surface area contributed by atoms with Gasteiger partial charge in [0.1, 0.15) is 5.75 Å². The van der Waals surface area contributed by atoms with Gasteiger partial charge in [-0.05, 0) is 30.3 Å². The molecule has 0 aliphatic carbocycles. The highest BCUT2D eigenvalue weighted by atomic mass is 19.4. The summed E-state index contributed by atoms with van der Waals surface area (Å²) in [6.07, 6.45) is -4.54. The van der Waals surface area contributed by atoms with E-state index in [4.69, 9.17) is 10.5 Å². The summed E-state index contributed by atoms with van der Waals surface area (Å²) in [5.41, 5.74) is 4.66. The molecule has 3 nitrogen and oxygen atoms in total. The zero-order valence-corrected chi connectivity index (χ0v) is 11.1. The number of hydrogen-bond donors (Lipinski definition) is 1. The van der Waals surface area contributed by atoms with Gasteiger partial charge in [0.2, 0.25) is 0 Å². The van der Waals surface area contributed by atoms with Crippen molar-refractivity contribution in [2.75, 3.05) is 12.8 Å². The molecule has 0 fully saturated rings. The average Bonchev–Trinajstić information content (AvgIpc) is 2.45. The molecule has 0 unspecified atom stereocenters. The smallest absolute Gasteiger partial charge is 0.416 e. The number of rotatable bonds is 3. The summed E-state index contributed by atoms with van der Waals surface area (Å²) in [6, 6.07) is 8.95. The summed E-state index contributed by atoms with van der Waals surface area (Å²) in [5.74, 6) is -0.338. The van der Waals surface area contributed by atoms with Gasteiger partial charge < -0.3 is 10.5 Å². The van der Waals surface area contributed by atoms with Gasteiger partial charge in [-0.15, -0.1) is 0 Å². The van der Waals surface area contributed by atoms with Crippen molar-refractivity contribution in [2.45, 2.75) is 6.18 Å². The number of methoxy groups -OCH3 is 1. The number of carbonyl (C=O) groups excluding carboxylic acids is 1. The molecule has 6 heteroatoms. The van der Waals surface area contributed by atoms with E-state index in [2.05, 4.69) is 0 Å². The predicted molar refractivity (Wildman–Crippen MR) is 72.3 cm³/mol. The normalized spacial score (nSPS) is 11.2. The minimum atomic E-state index is -4.54. The van der Waals surface area contributed by atoms with Crippen LogP contribution in [0.25, 0.3) is 0 Å². The number of nitrogen functional groups attached to an aromatic ring is 1. The molecule has 21 heavy (non-hydrogen) atoms. The van der Waals surface area contributed by atoms with Crippen LogP contribution in [0.1, 0.15) is 21.5 Å². The number of nitrogens with two attached hydrogens (primary N) is 1. The molecule has 0 aliphatic heterocycles. The molecule has 0 heterocycles. The Morgan fingerprint density at radius 1 is 1.10 bits per heavy atom. The zero-order chi connectivity index (χ0) is 15.6. The van der Waals surface area contributed by atoms with Gasteiger partial charge in [0.15, 0.2) is 5.78 Å². The monoisotopic (exact) mass is 295 g/mol. The van der Waals surface area contributed by atoms with Gasteiger partial charge in [0.05, 0.1) is 18.2 Å². The Morgan fingerprint density at radius 3 is 2.38 bits per heavy atom. The number of alkyl halides is 3. The molecule has 0 atom stereocenters. The zero-order valence-electron chi connectivity index (χ0n) is 11.1. The van der Waals surface area contributed by atoms with E-state index in [0.717, 1.165) is 18.2 Å². The minimum Gasteiger partial charge on any atom is -0.496 e. The van der Waals surface area contributed by atoms with Gasteiger partial charge in [0.25, 0.3) is 0 Å². The maximum atomic E-state index is 12.7. The van der Waals surface area contributed by atoms with E-state index in [1.807, 2.05) is 0 Å². The standard InChI is InChI=1S/C15H12F3NO2/c1-21-13-5-3-2-4-10(13)14(20)11-8-9(15(16,17)18)6-7-12(11)19/h2-8H,19H2,1H3. The van der Waals surface area contributed by atoms with Crippen LogP contribution in [0.2, 0.25) is 0 Å². The van der Waals surface area contributed by atoms with Crippen molar-refractivity contribution in [2.24, 2.45) is 0 Å². The van der Waals surface area contributed by atoms with Crippen LogP contribution in [0.5, 0.6) is 5.75 Å². The number of para-hydroxylation sites is 1. The quantitative estimate of drug-likeness (QED) is 0.696. The van der Waals surface area contributed by atoms with Crippen molar-refractivity contribution in [3.8, 4) is 5.75 Å². The van der Waals surface area contributed by atoms with Crippen LogP contribution in [-0.2, 0) is 6.18 Å². The predicted octanol–water partition coefficient (Wildman–Crippen LogP) is 3.53. The summed E-state index contributed by atoms with van der Waals surface area (Å²) in [5, 5.41) is 0. The summed E-state index contributed by atoms with van der Waals surface area (Å²) in [4.78, 5) is 12.4. The third-order valence-electron chi connectivity index (χ3n) is 2.98. The van der Waals surface area contributed by atoms with Crippen LogP contribution in [0.4, 0.5) is 18.9 Å². The Balaban J connectivity index is 2.53. The summed E-state index contributed by atoms with van der Waals surface area (Å²) in [7, 11) is 1.38. The number of hydrogen-bond acceptors (Lipinski definition) is 3. The SMILES string of the molecule is COc1ccccc1C(=O)c1cc(C(F)(F)F)ccc1N. The van der Waals surface area contributed by atoms with Crippen LogP contribution in [0, 0.1) is 0 Å². The van der Waals surface area contributed by atoms with Crippen molar-refractivity contribution >= 4 is 11.5 Å². The second-order valence-corrected chi connectivity index (χ2v) is 4.33. The molecule has 0 aromatic heterocycles. The molecule has 2 N–H and O–H groups in total. The van der Waals surface area contributed by atoms with Crippen LogP contribution < -0.4 is 10.5 Å². The number of ketones is 1. The molecular weight excluding hydrogens is 283 g/mol. The Bertz CT molecular complexity index is 681. The molecule has 2 aromatic carbocycles. The van der Waals surface area contributed by atoms with Crippen molar-refractivity contribution in [3.63, 3.8) is 0 Å². The first-order chi connectivity index (χ1) is 9.84. The molecule has 0 bridgehead atoms. The molecule has 0 radical (unpaired) electrons. The Hall–Kier alpha value is -2.50. The van der Waals surface area contributed by atoms with E-state index in [1.165, 1.54) is 13.2 Å². The number of halogens is 3. The number of benzene rings is 2. The van der Waals surface area contributed by atoms with Gasteiger partial charge in [-0.25, -0.2) is 0 Å². The average molecular weight is 295 g/mol. The molecule has 0 aliphatic rings. The van der Waals surface area contributed by atoms with Gasteiger partial charge in [-0.2, -0.15) is 13.2 Å². The van der Waals surface area contributed by atoms with E-state index in [0.29, 0.717) is 0 Å². The van der Waals surface area contributed by atoms with Gasteiger partial charge in [-0.1, -0.05) is 12.1 Å². The largest absolute Gasteiger partial charge is 0.496 e. The lowest BCUT2D eigenvalue weighted by atomic mass is 9.99. The first-order valence-corrected chi connectivity index (χ1v) is 5.99. The number of ether oxygens (including phenoxy) is 1. The second-order valence-electron chi connectivity index (χ2n) is 4.33. The van der Waals surface area contributed by atoms with Gasteiger partial charge in [-0.3, -0.25) is 4.79 Å². The van der Waals surface area contributed by atoms with Crippen molar-refractivity contribution in [1.29, 1.82) is 0 Å². The topological polar surface area (TPSA) is 52.3 Å². The highest BCUT2D eigenvalue weighted by molar-refractivity contribution is 6.13. The lowest BCUT2D eigenvalue weighted by molar-refractivity contribution is -0.137. The fourth-order valence-corrected chi connectivity index (χ4v) is 1.91. The number of carbonyl (C=O) groups is 1.